The molecule has 0 saturated carbocycles. The summed E-state index contributed by atoms with van der Waals surface area (Å²) in [5, 5.41) is 13.0. The molecular formula is C22H40IN5O6. The number of hydrogen-bond donors (Lipinski definition) is 5. The number of carbonyl (C=O) groups is 5. The highest BCUT2D eigenvalue weighted by atomic mass is 127. The first kappa shape index (κ1) is 31.9. The molecule has 0 fully saturated rings. The quantitative estimate of drug-likeness (QED) is 0.101. The minimum absolute atomic E-state index is 0.0435. The second-order valence-corrected chi connectivity index (χ2v) is 9.23. The van der Waals surface area contributed by atoms with Gasteiger partial charge in [0.1, 0.15) is 12.1 Å². The standard InChI is InChI=1S/C22H40IN5O6/c1-6-7-15(4)13-34-22(33)26-11-10-25-20(31)16(5)27-21(32)19(14(2)3)28-17(29)8-9-24-18(30)12-23/h14-16,19H,6-13H2,1-5H3,(H,24,30)(H,25,31)(H,26,33)(H,27,32)(H,28,29)/t15?,16-,19?/m0/s1. The monoisotopic (exact) mass is 597 g/mol. The second kappa shape index (κ2) is 18.2. The maximum Gasteiger partial charge on any atom is 0.407 e. The molecule has 0 aliphatic heterocycles. The molecule has 0 aliphatic rings. The highest BCUT2D eigenvalue weighted by molar-refractivity contribution is 14.1. The predicted octanol–water partition coefficient (Wildman–Crippen LogP) is 0.852. The number of halogens is 1. The number of nitrogens with one attached hydrogen (secondary N) is 5. The number of rotatable bonds is 16. The smallest absolute Gasteiger partial charge is 0.407 e. The average molecular weight is 597 g/mol. The van der Waals surface area contributed by atoms with Crippen LogP contribution in [0.4, 0.5) is 4.79 Å². The molecule has 0 aliphatic carbocycles. The van der Waals surface area contributed by atoms with Crippen molar-refractivity contribution in [2.45, 2.75) is 66.0 Å². The fourth-order valence-corrected chi connectivity index (χ4v) is 3.13. The Hall–Kier alpha value is -2.12. The van der Waals surface area contributed by atoms with Crippen LogP contribution in [-0.4, -0.2) is 72.5 Å². The van der Waals surface area contributed by atoms with Crippen molar-refractivity contribution in [3.8, 4) is 0 Å². The van der Waals surface area contributed by atoms with E-state index >= 15 is 0 Å². The number of ether oxygens (including phenoxy) is 1. The maximum absolute atomic E-state index is 12.6. The van der Waals surface area contributed by atoms with Gasteiger partial charge in [-0.05, 0) is 25.2 Å². The van der Waals surface area contributed by atoms with Gasteiger partial charge in [-0.3, -0.25) is 19.2 Å². The average Bonchev–Trinajstić information content (AvgIpc) is 2.78. The largest absolute Gasteiger partial charge is 0.449 e. The summed E-state index contributed by atoms with van der Waals surface area (Å²) >= 11 is 1.92. The van der Waals surface area contributed by atoms with Gasteiger partial charge in [-0.15, -0.1) is 0 Å². The predicted molar refractivity (Wildman–Crippen MR) is 137 cm³/mol. The summed E-state index contributed by atoms with van der Waals surface area (Å²) in [5.74, 6) is -1.36. The summed E-state index contributed by atoms with van der Waals surface area (Å²) in [7, 11) is 0. The van der Waals surface area contributed by atoms with Gasteiger partial charge in [-0.2, -0.15) is 0 Å². The third kappa shape index (κ3) is 14.9. The van der Waals surface area contributed by atoms with Crippen LogP contribution < -0.4 is 26.6 Å². The zero-order valence-electron chi connectivity index (χ0n) is 20.8. The first-order chi connectivity index (χ1) is 16.0. The lowest BCUT2D eigenvalue weighted by molar-refractivity contribution is -0.132. The lowest BCUT2D eigenvalue weighted by atomic mass is 10.0. The van der Waals surface area contributed by atoms with Crippen molar-refractivity contribution in [3.05, 3.63) is 0 Å². The van der Waals surface area contributed by atoms with Crippen molar-refractivity contribution in [3.63, 3.8) is 0 Å². The second-order valence-electron chi connectivity index (χ2n) is 8.46. The molecule has 0 aromatic carbocycles. The summed E-state index contributed by atoms with van der Waals surface area (Å²) in [6.45, 7) is 10.0. The lowest BCUT2D eigenvalue weighted by Gasteiger charge is -2.24. The van der Waals surface area contributed by atoms with Crippen LogP contribution in [0.25, 0.3) is 0 Å². The Morgan fingerprint density at radius 2 is 1.47 bits per heavy atom. The van der Waals surface area contributed by atoms with Gasteiger partial charge < -0.3 is 31.3 Å². The minimum Gasteiger partial charge on any atom is -0.449 e. The fraction of sp³-hybridized carbons (Fsp3) is 0.773. The molecule has 34 heavy (non-hydrogen) atoms. The third-order valence-corrected chi connectivity index (χ3v) is 5.48. The number of carbonyl (C=O) groups excluding carboxylic acids is 5. The molecule has 12 heteroatoms. The van der Waals surface area contributed by atoms with Crippen molar-refractivity contribution < 1.29 is 28.7 Å². The van der Waals surface area contributed by atoms with Crippen LogP contribution in [0.2, 0.25) is 0 Å². The van der Waals surface area contributed by atoms with Crippen molar-refractivity contribution in [1.29, 1.82) is 0 Å². The Bertz CT molecular complexity index is 676. The van der Waals surface area contributed by atoms with Gasteiger partial charge in [0.15, 0.2) is 0 Å². The summed E-state index contributed by atoms with van der Waals surface area (Å²) in [5.41, 5.74) is 0. The molecule has 2 unspecified atom stereocenters. The molecule has 0 saturated heterocycles. The van der Waals surface area contributed by atoms with E-state index in [4.69, 9.17) is 4.74 Å². The zero-order valence-corrected chi connectivity index (χ0v) is 23.0. The van der Waals surface area contributed by atoms with E-state index in [1.807, 2.05) is 29.5 Å². The van der Waals surface area contributed by atoms with Crippen LogP contribution in [0.15, 0.2) is 0 Å². The van der Waals surface area contributed by atoms with E-state index in [0.29, 0.717) is 17.0 Å². The number of alkyl carbamates (subject to hydrolysis) is 1. The van der Waals surface area contributed by atoms with Crippen molar-refractivity contribution in [2.24, 2.45) is 11.8 Å². The van der Waals surface area contributed by atoms with E-state index in [1.165, 1.54) is 6.92 Å². The van der Waals surface area contributed by atoms with E-state index in [2.05, 4.69) is 33.5 Å². The number of hydrogen-bond acceptors (Lipinski definition) is 6. The fourth-order valence-electron chi connectivity index (χ4n) is 2.86. The van der Waals surface area contributed by atoms with E-state index in [1.54, 1.807) is 13.8 Å². The molecule has 3 atom stereocenters. The highest BCUT2D eigenvalue weighted by Gasteiger charge is 2.26. The summed E-state index contributed by atoms with van der Waals surface area (Å²) in [6, 6.07) is -1.66. The molecule has 0 rings (SSSR count). The normalized spacial score (nSPS) is 13.3. The molecule has 196 valence electrons. The van der Waals surface area contributed by atoms with Crippen LogP contribution in [0.1, 0.15) is 53.9 Å². The lowest BCUT2D eigenvalue weighted by Crippen LogP contribution is -2.55. The Morgan fingerprint density at radius 1 is 0.824 bits per heavy atom. The van der Waals surface area contributed by atoms with Gasteiger partial charge in [-0.25, -0.2) is 4.79 Å². The minimum atomic E-state index is -0.838. The molecule has 0 aromatic rings. The molecule has 0 heterocycles. The van der Waals surface area contributed by atoms with Crippen molar-refractivity contribution in [1.82, 2.24) is 26.6 Å². The molecule has 5 N–H and O–H groups in total. The number of amides is 5. The molecular weight excluding hydrogens is 557 g/mol. The van der Waals surface area contributed by atoms with Crippen molar-refractivity contribution in [2.75, 3.05) is 30.7 Å². The highest BCUT2D eigenvalue weighted by Crippen LogP contribution is 2.05. The first-order valence-electron chi connectivity index (χ1n) is 11.6. The maximum atomic E-state index is 12.6. The molecule has 5 amide bonds. The Balaban J connectivity index is 4.36. The van der Waals surface area contributed by atoms with Crippen LogP contribution in [0.5, 0.6) is 0 Å². The topological polar surface area (TPSA) is 155 Å². The van der Waals surface area contributed by atoms with E-state index in [9.17, 15) is 24.0 Å². The van der Waals surface area contributed by atoms with Crippen molar-refractivity contribution >= 4 is 52.3 Å². The van der Waals surface area contributed by atoms with Gasteiger partial charge in [0.2, 0.25) is 23.6 Å². The van der Waals surface area contributed by atoms with Crippen LogP contribution in [0.3, 0.4) is 0 Å². The Labute approximate surface area is 215 Å². The van der Waals surface area contributed by atoms with Crippen LogP contribution >= 0.6 is 22.6 Å². The van der Waals surface area contributed by atoms with Crippen LogP contribution in [0, 0.1) is 11.8 Å². The van der Waals surface area contributed by atoms with Gasteiger partial charge in [0.05, 0.1) is 11.0 Å². The Kier molecular flexibility index (Phi) is 17.1. The van der Waals surface area contributed by atoms with Gasteiger partial charge in [0, 0.05) is 26.1 Å². The van der Waals surface area contributed by atoms with Crippen LogP contribution in [-0.2, 0) is 23.9 Å². The number of alkyl halides is 1. The zero-order chi connectivity index (χ0) is 26.1. The van der Waals surface area contributed by atoms with Gasteiger partial charge >= 0.3 is 6.09 Å². The SMILES string of the molecule is CCCC(C)COC(=O)NCCNC(=O)[C@H](C)NC(=O)C(NC(=O)CCNC(=O)CI)C(C)C. The molecule has 0 radical (unpaired) electrons. The summed E-state index contributed by atoms with van der Waals surface area (Å²) in [6.07, 6.45) is 1.51. The van der Waals surface area contributed by atoms with Gasteiger partial charge in [-0.1, -0.05) is 56.7 Å². The molecule has 0 aromatic heterocycles. The molecule has 0 bridgehead atoms. The first-order valence-corrected chi connectivity index (χ1v) is 13.1. The van der Waals surface area contributed by atoms with E-state index in [0.717, 1.165) is 12.8 Å². The third-order valence-electron chi connectivity index (χ3n) is 4.79. The molecule has 11 nitrogen and oxygen atoms in total. The van der Waals surface area contributed by atoms with E-state index in [-0.39, 0.29) is 43.8 Å². The van der Waals surface area contributed by atoms with E-state index < -0.39 is 30.0 Å². The van der Waals surface area contributed by atoms with Gasteiger partial charge in [0.25, 0.3) is 0 Å². The summed E-state index contributed by atoms with van der Waals surface area (Å²) < 4.78 is 5.41. The Morgan fingerprint density at radius 3 is 2.06 bits per heavy atom. The molecule has 0 spiro atoms. The summed E-state index contributed by atoms with van der Waals surface area (Å²) in [4.78, 5) is 59.9.